The van der Waals surface area contributed by atoms with E-state index in [4.69, 9.17) is 0 Å². The van der Waals surface area contributed by atoms with Gasteiger partial charge in [-0.2, -0.15) is 11.8 Å². The molecule has 0 N–H and O–H groups in total. The molecule has 0 spiro atoms. The second kappa shape index (κ2) is 19.1. The summed E-state index contributed by atoms with van der Waals surface area (Å²) >= 11 is 2.06. The van der Waals surface area contributed by atoms with Gasteiger partial charge in [0.1, 0.15) is 11.7 Å². The minimum Gasteiger partial charge on any atom is -0.343 e. The van der Waals surface area contributed by atoms with Crippen molar-refractivity contribution in [2.75, 3.05) is 24.6 Å². The van der Waals surface area contributed by atoms with Crippen LogP contribution in [-0.2, 0) is 22.4 Å². The zero-order valence-electron chi connectivity index (χ0n) is 21.9. The summed E-state index contributed by atoms with van der Waals surface area (Å²) in [5, 5.41) is 0. The van der Waals surface area contributed by atoms with E-state index in [0.717, 1.165) is 17.7 Å². The van der Waals surface area contributed by atoms with Crippen molar-refractivity contribution in [1.82, 2.24) is 4.90 Å². The number of nitrogens with zero attached hydrogens (tertiary/aromatic N) is 1. The Morgan fingerprint density at radius 2 is 1.27 bits per heavy atom. The number of carbonyl (C=O) groups excluding carboxylic acids is 2. The zero-order chi connectivity index (χ0) is 24.3. The number of hydrogen-bond acceptors (Lipinski definition) is 3. The van der Waals surface area contributed by atoms with E-state index in [1.54, 1.807) is 4.90 Å². The number of aryl methyl sites for hydroxylation is 1. The summed E-state index contributed by atoms with van der Waals surface area (Å²) in [7, 11) is 0. The molecule has 4 heteroatoms. The van der Waals surface area contributed by atoms with Gasteiger partial charge in [-0.1, -0.05) is 89.0 Å². The average molecular weight is 476 g/mol. The molecule has 33 heavy (non-hydrogen) atoms. The number of thioether (sulfide) groups is 1. The van der Waals surface area contributed by atoms with E-state index in [1.165, 1.54) is 82.4 Å². The molecule has 1 aromatic rings. The molecule has 188 valence electrons. The lowest BCUT2D eigenvalue weighted by Gasteiger charge is -2.23. The van der Waals surface area contributed by atoms with Crippen LogP contribution in [0.4, 0.5) is 0 Å². The fourth-order valence-corrected chi connectivity index (χ4v) is 5.21. The van der Waals surface area contributed by atoms with Crippen molar-refractivity contribution in [2.24, 2.45) is 5.92 Å². The molecule has 0 saturated heterocycles. The first-order chi connectivity index (χ1) is 16.0. The minimum atomic E-state index is -0.563. The third kappa shape index (κ3) is 13.2. The van der Waals surface area contributed by atoms with Crippen molar-refractivity contribution in [3.8, 4) is 0 Å². The van der Waals surface area contributed by atoms with Gasteiger partial charge in [0.15, 0.2) is 0 Å². The third-order valence-electron chi connectivity index (χ3n) is 6.50. The smallest absolute Gasteiger partial charge is 0.233 e. The average Bonchev–Trinajstić information content (AvgIpc) is 2.81. The lowest BCUT2D eigenvalue weighted by molar-refractivity contribution is -0.140. The topological polar surface area (TPSA) is 37.4 Å². The number of benzene rings is 1. The normalized spacial score (nSPS) is 12.0. The molecule has 0 aliphatic heterocycles. The van der Waals surface area contributed by atoms with Crippen molar-refractivity contribution in [1.29, 1.82) is 0 Å². The van der Waals surface area contributed by atoms with Crippen LogP contribution in [0.1, 0.15) is 103 Å². The number of hydrogen-bond donors (Lipinski definition) is 0. The Hall–Kier alpha value is -1.29. The van der Waals surface area contributed by atoms with E-state index < -0.39 is 5.92 Å². The minimum absolute atomic E-state index is 0.0417. The molecule has 1 rings (SSSR count). The van der Waals surface area contributed by atoms with E-state index in [1.807, 2.05) is 13.8 Å². The van der Waals surface area contributed by atoms with Gasteiger partial charge in [-0.05, 0) is 62.7 Å². The molecule has 1 unspecified atom stereocenters. The number of unbranched alkanes of at least 4 members (excludes halogenated alkanes) is 9. The van der Waals surface area contributed by atoms with E-state index in [0.29, 0.717) is 19.5 Å². The van der Waals surface area contributed by atoms with Crippen LogP contribution in [-0.4, -0.2) is 41.2 Å². The Balaban J connectivity index is 2.20. The maximum absolute atomic E-state index is 12.7. The van der Waals surface area contributed by atoms with Gasteiger partial charge in [-0.3, -0.25) is 9.59 Å². The second-order valence-electron chi connectivity index (χ2n) is 9.24. The molecule has 1 aromatic carbocycles. The summed E-state index contributed by atoms with van der Waals surface area (Å²) < 4.78 is 0. The number of amides is 1. The lowest BCUT2D eigenvalue weighted by atomic mass is 9.93. The third-order valence-corrected chi connectivity index (χ3v) is 7.57. The van der Waals surface area contributed by atoms with Gasteiger partial charge >= 0.3 is 0 Å². The van der Waals surface area contributed by atoms with Crippen molar-refractivity contribution < 1.29 is 9.59 Å². The van der Waals surface area contributed by atoms with Crippen LogP contribution < -0.4 is 0 Å². The van der Waals surface area contributed by atoms with E-state index in [9.17, 15) is 9.59 Å². The maximum Gasteiger partial charge on any atom is 0.233 e. The molecule has 0 bridgehead atoms. The molecule has 0 heterocycles. The van der Waals surface area contributed by atoms with Crippen molar-refractivity contribution >= 4 is 23.5 Å². The first-order valence-corrected chi connectivity index (χ1v) is 14.6. The summed E-state index contributed by atoms with van der Waals surface area (Å²) in [6.45, 7) is 9.03. The molecule has 0 fully saturated rings. The maximum atomic E-state index is 12.7. The highest BCUT2D eigenvalue weighted by atomic mass is 32.2. The molecule has 0 aliphatic carbocycles. The Morgan fingerprint density at radius 1 is 0.758 bits per heavy atom. The standard InChI is InChI=1S/C29H49NO2S/c1-5-8-9-10-11-12-13-14-15-16-22-33-23-21-26-17-19-27(20-18-26)24-28(25(4)31)29(32)30(6-2)7-3/h17-20,28H,5-16,21-24H2,1-4H3. The van der Waals surface area contributed by atoms with Crippen LogP contribution in [0.25, 0.3) is 0 Å². The van der Waals surface area contributed by atoms with E-state index in [-0.39, 0.29) is 11.7 Å². The molecule has 1 amide bonds. The molecule has 0 saturated carbocycles. The van der Waals surface area contributed by atoms with E-state index >= 15 is 0 Å². The Morgan fingerprint density at radius 3 is 1.79 bits per heavy atom. The highest BCUT2D eigenvalue weighted by molar-refractivity contribution is 7.99. The Kier molecular flexibility index (Phi) is 17.2. The van der Waals surface area contributed by atoms with E-state index in [2.05, 4.69) is 43.0 Å². The Labute approximate surface area is 208 Å². The first kappa shape index (κ1) is 29.7. The predicted molar refractivity (Wildman–Crippen MR) is 145 cm³/mol. The zero-order valence-corrected chi connectivity index (χ0v) is 22.7. The van der Waals surface area contributed by atoms with Crippen LogP contribution in [0.3, 0.4) is 0 Å². The fourth-order valence-electron chi connectivity index (χ4n) is 4.22. The van der Waals surface area contributed by atoms with Gasteiger partial charge in [-0.15, -0.1) is 0 Å². The van der Waals surface area contributed by atoms with Crippen LogP contribution in [0, 0.1) is 5.92 Å². The van der Waals surface area contributed by atoms with Crippen LogP contribution in [0.2, 0.25) is 0 Å². The lowest BCUT2D eigenvalue weighted by Crippen LogP contribution is -2.39. The highest BCUT2D eigenvalue weighted by Gasteiger charge is 2.26. The number of carbonyl (C=O) groups is 2. The van der Waals surface area contributed by atoms with Crippen LogP contribution in [0.5, 0.6) is 0 Å². The second-order valence-corrected chi connectivity index (χ2v) is 10.5. The van der Waals surface area contributed by atoms with Crippen molar-refractivity contribution in [3.63, 3.8) is 0 Å². The summed E-state index contributed by atoms with van der Waals surface area (Å²) in [4.78, 5) is 26.5. The molecule has 0 radical (unpaired) electrons. The summed E-state index contributed by atoms with van der Waals surface area (Å²) in [6.07, 6.45) is 15.5. The van der Waals surface area contributed by atoms with Crippen molar-refractivity contribution in [3.05, 3.63) is 35.4 Å². The highest BCUT2D eigenvalue weighted by Crippen LogP contribution is 2.17. The van der Waals surface area contributed by atoms with Gasteiger partial charge in [0.25, 0.3) is 0 Å². The number of ketones is 1. The predicted octanol–water partition coefficient (Wildman–Crippen LogP) is 7.50. The number of Topliss-reactive ketones (excluding diaryl/α,β-unsaturated/α-hetero) is 1. The molecule has 1 atom stereocenters. The molecule has 0 aliphatic rings. The molecular weight excluding hydrogens is 426 g/mol. The molecule has 3 nitrogen and oxygen atoms in total. The Bertz CT molecular complexity index is 640. The SMILES string of the molecule is CCCCCCCCCCCCSCCc1ccc(CC(C(C)=O)C(=O)N(CC)CC)cc1. The van der Waals surface area contributed by atoms with Crippen LogP contribution >= 0.6 is 11.8 Å². The summed E-state index contributed by atoms with van der Waals surface area (Å²) in [5.41, 5.74) is 2.40. The van der Waals surface area contributed by atoms with Crippen LogP contribution in [0.15, 0.2) is 24.3 Å². The molecular formula is C29H49NO2S. The van der Waals surface area contributed by atoms with Gasteiger partial charge in [0.05, 0.1) is 0 Å². The fraction of sp³-hybridized carbons (Fsp3) is 0.724. The van der Waals surface area contributed by atoms with Gasteiger partial charge < -0.3 is 4.90 Å². The summed E-state index contributed by atoms with van der Waals surface area (Å²) in [6, 6.07) is 8.51. The largest absolute Gasteiger partial charge is 0.343 e. The number of rotatable bonds is 20. The first-order valence-electron chi connectivity index (χ1n) is 13.5. The quantitative estimate of drug-likeness (QED) is 0.145. The van der Waals surface area contributed by atoms with Gasteiger partial charge in [0, 0.05) is 13.1 Å². The van der Waals surface area contributed by atoms with Gasteiger partial charge in [-0.25, -0.2) is 0 Å². The molecule has 0 aromatic heterocycles. The summed E-state index contributed by atoms with van der Waals surface area (Å²) in [5.74, 6) is 1.78. The van der Waals surface area contributed by atoms with Gasteiger partial charge in [0.2, 0.25) is 5.91 Å². The monoisotopic (exact) mass is 475 g/mol. The van der Waals surface area contributed by atoms with Crippen molar-refractivity contribution in [2.45, 2.75) is 105 Å².